The van der Waals surface area contributed by atoms with E-state index in [-0.39, 0.29) is 0 Å². The molecule has 0 aliphatic rings. The fourth-order valence-corrected chi connectivity index (χ4v) is 0.450. The molecule has 0 aliphatic carbocycles. The molecule has 0 amide bonds. The van der Waals surface area contributed by atoms with Crippen molar-refractivity contribution >= 4 is 6.47 Å². The number of carbonyl (C=O) groups excluding carboxylic acids is 1. The Kier molecular flexibility index (Phi) is 5.51. The fourth-order valence-electron chi connectivity index (χ4n) is 0.450. The van der Waals surface area contributed by atoms with Crippen molar-refractivity contribution in [2.24, 2.45) is 0 Å². The maximum absolute atomic E-state index is 12.0. The number of methoxy groups -OCH3 is 1. The predicted molar refractivity (Wildman–Crippen MR) is 42.0 cm³/mol. The average Bonchev–Trinajstić information content (AvgIpc) is 2.11. The summed E-state index contributed by atoms with van der Waals surface area (Å²) in [5.74, 6) is -0.421. The first-order chi connectivity index (χ1) is 5.70. The largest absolute Gasteiger partial charge is 0.471 e. The number of hydrogen-bond acceptors (Lipinski definition) is 3. The molecule has 12 heavy (non-hydrogen) atoms. The van der Waals surface area contributed by atoms with Crippen molar-refractivity contribution in [3.63, 3.8) is 0 Å². The first-order valence-corrected chi connectivity index (χ1v) is 3.25. The lowest BCUT2D eigenvalue weighted by Gasteiger charge is -1.86. The zero-order valence-corrected chi connectivity index (χ0v) is 6.95. The Labute approximate surface area is 70.2 Å². The van der Waals surface area contributed by atoms with E-state index >= 15 is 0 Å². The highest BCUT2D eigenvalue weighted by molar-refractivity contribution is 5.36. The van der Waals surface area contributed by atoms with Crippen molar-refractivity contribution in [2.75, 3.05) is 7.11 Å². The summed E-state index contributed by atoms with van der Waals surface area (Å²) in [6.07, 6.45) is 1.50. The van der Waals surface area contributed by atoms with Gasteiger partial charge in [0.05, 0.1) is 7.11 Å². The van der Waals surface area contributed by atoms with Gasteiger partial charge in [-0.2, -0.15) is 4.39 Å². The molecule has 0 N–H and O–H groups in total. The Morgan fingerprint density at radius 2 is 2.17 bits per heavy atom. The van der Waals surface area contributed by atoms with E-state index in [4.69, 9.17) is 4.79 Å². The predicted octanol–water partition coefficient (Wildman–Crippen LogP) is 1.32. The first-order valence-electron chi connectivity index (χ1n) is 3.25. The summed E-state index contributed by atoms with van der Waals surface area (Å²) in [5, 5.41) is 0. The van der Waals surface area contributed by atoms with Gasteiger partial charge in [-0.25, -0.2) is 4.98 Å². The molecule has 0 bridgehead atoms. The molecule has 0 fully saturated rings. The molecule has 0 saturated carbocycles. The van der Waals surface area contributed by atoms with E-state index in [1.165, 1.54) is 19.4 Å². The second-order valence-corrected chi connectivity index (χ2v) is 1.99. The van der Waals surface area contributed by atoms with E-state index in [0.29, 0.717) is 6.47 Å². The third-order valence-electron chi connectivity index (χ3n) is 0.971. The van der Waals surface area contributed by atoms with Gasteiger partial charge in [0.1, 0.15) is 0 Å². The van der Waals surface area contributed by atoms with Gasteiger partial charge < -0.3 is 4.74 Å². The molecule has 3 nitrogen and oxygen atoms in total. The SMILES string of the molecule is COC=O.Cc1ccc(F)nc1. The van der Waals surface area contributed by atoms with Crippen molar-refractivity contribution < 1.29 is 13.9 Å². The van der Waals surface area contributed by atoms with Crippen LogP contribution in [0.3, 0.4) is 0 Å². The van der Waals surface area contributed by atoms with Crippen LogP contribution >= 0.6 is 0 Å². The van der Waals surface area contributed by atoms with Gasteiger partial charge in [0, 0.05) is 6.20 Å². The first kappa shape index (κ1) is 10.6. The number of halogens is 1. The maximum Gasteiger partial charge on any atom is 0.292 e. The van der Waals surface area contributed by atoms with Crippen LogP contribution in [-0.4, -0.2) is 18.6 Å². The molecular formula is C8H10FNO2. The van der Waals surface area contributed by atoms with Crippen molar-refractivity contribution in [3.05, 3.63) is 29.8 Å². The van der Waals surface area contributed by atoms with E-state index in [1.54, 1.807) is 6.07 Å². The topological polar surface area (TPSA) is 39.2 Å². The quantitative estimate of drug-likeness (QED) is 0.472. The van der Waals surface area contributed by atoms with Crippen molar-refractivity contribution in [3.8, 4) is 0 Å². The summed E-state index contributed by atoms with van der Waals surface area (Å²) in [4.78, 5) is 12.4. The van der Waals surface area contributed by atoms with Gasteiger partial charge in [0.25, 0.3) is 6.47 Å². The third-order valence-corrected chi connectivity index (χ3v) is 0.971. The Morgan fingerprint density at radius 1 is 1.58 bits per heavy atom. The molecule has 1 rings (SSSR count). The van der Waals surface area contributed by atoms with Crippen LogP contribution in [0.1, 0.15) is 5.56 Å². The van der Waals surface area contributed by atoms with Crippen LogP contribution < -0.4 is 0 Å². The van der Waals surface area contributed by atoms with Gasteiger partial charge >= 0.3 is 0 Å². The second-order valence-electron chi connectivity index (χ2n) is 1.99. The number of aromatic nitrogens is 1. The molecule has 0 aliphatic heterocycles. The molecule has 0 atom stereocenters. The van der Waals surface area contributed by atoms with Crippen molar-refractivity contribution in [2.45, 2.75) is 6.92 Å². The molecule has 66 valence electrons. The number of ether oxygens (including phenoxy) is 1. The summed E-state index contributed by atoms with van der Waals surface area (Å²) < 4.78 is 15.8. The minimum atomic E-state index is -0.421. The van der Waals surface area contributed by atoms with E-state index in [2.05, 4.69) is 9.72 Å². The van der Waals surface area contributed by atoms with Crippen LogP contribution in [0.15, 0.2) is 18.3 Å². The molecule has 0 spiro atoms. The highest BCUT2D eigenvalue weighted by Crippen LogP contribution is 1.94. The normalized spacial score (nSPS) is 7.92. The standard InChI is InChI=1S/C6H6FN.C2H4O2/c1-5-2-3-6(7)8-4-5;1-4-2-3/h2-4H,1H3;2H,1H3. The van der Waals surface area contributed by atoms with Crippen molar-refractivity contribution in [1.82, 2.24) is 4.98 Å². The molecule has 0 aromatic carbocycles. The summed E-state index contributed by atoms with van der Waals surface area (Å²) in [5.41, 5.74) is 0.978. The Bertz CT molecular complexity index is 202. The van der Waals surface area contributed by atoms with Gasteiger partial charge in [-0.3, -0.25) is 4.79 Å². The van der Waals surface area contributed by atoms with Gasteiger partial charge in [-0.15, -0.1) is 0 Å². The number of nitrogens with zero attached hydrogens (tertiary/aromatic N) is 1. The maximum atomic E-state index is 12.0. The molecule has 1 aromatic heterocycles. The summed E-state index contributed by atoms with van der Waals surface area (Å²) in [6, 6.07) is 3.03. The molecule has 4 heteroatoms. The highest BCUT2D eigenvalue weighted by Gasteiger charge is 1.85. The minimum Gasteiger partial charge on any atom is -0.471 e. The number of aryl methyl sites for hydroxylation is 1. The number of pyridine rings is 1. The average molecular weight is 171 g/mol. The summed E-state index contributed by atoms with van der Waals surface area (Å²) >= 11 is 0. The molecule has 1 heterocycles. The minimum absolute atomic E-state index is 0.375. The van der Waals surface area contributed by atoms with Gasteiger partial charge in [0.15, 0.2) is 0 Å². The second kappa shape index (κ2) is 6.27. The lowest BCUT2D eigenvalue weighted by atomic mass is 10.3. The summed E-state index contributed by atoms with van der Waals surface area (Å²) in [6.45, 7) is 2.24. The van der Waals surface area contributed by atoms with Gasteiger partial charge in [-0.1, -0.05) is 6.07 Å². The third kappa shape index (κ3) is 5.34. The van der Waals surface area contributed by atoms with Crippen LogP contribution in [0.2, 0.25) is 0 Å². The monoisotopic (exact) mass is 171 g/mol. The Balaban J connectivity index is 0.000000261. The molecule has 0 unspecified atom stereocenters. The Hall–Kier alpha value is -1.45. The molecule has 0 radical (unpaired) electrons. The zero-order valence-electron chi connectivity index (χ0n) is 6.95. The lowest BCUT2D eigenvalue weighted by Crippen LogP contribution is -1.79. The molecule has 1 aromatic rings. The van der Waals surface area contributed by atoms with Crippen LogP contribution in [0.4, 0.5) is 4.39 Å². The van der Waals surface area contributed by atoms with Crippen LogP contribution in [-0.2, 0) is 9.53 Å². The molecule has 0 saturated heterocycles. The van der Waals surface area contributed by atoms with E-state index < -0.39 is 5.95 Å². The molecular weight excluding hydrogens is 161 g/mol. The fraction of sp³-hybridized carbons (Fsp3) is 0.250. The zero-order chi connectivity index (χ0) is 9.40. The van der Waals surface area contributed by atoms with Crippen molar-refractivity contribution in [1.29, 1.82) is 0 Å². The van der Waals surface area contributed by atoms with Gasteiger partial charge in [0.2, 0.25) is 5.95 Å². The summed E-state index contributed by atoms with van der Waals surface area (Å²) in [7, 11) is 1.31. The van der Waals surface area contributed by atoms with Crippen LogP contribution in [0, 0.1) is 12.9 Å². The highest BCUT2D eigenvalue weighted by atomic mass is 19.1. The number of carbonyl (C=O) groups is 1. The van der Waals surface area contributed by atoms with E-state index in [0.717, 1.165) is 5.56 Å². The Morgan fingerprint density at radius 3 is 2.42 bits per heavy atom. The van der Waals surface area contributed by atoms with Gasteiger partial charge in [-0.05, 0) is 18.6 Å². The van der Waals surface area contributed by atoms with E-state index in [9.17, 15) is 4.39 Å². The van der Waals surface area contributed by atoms with Crippen LogP contribution in [0.25, 0.3) is 0 Å². The number of rotatable bonds is 1. The van der Waals surface area contributed by atoms with Crippen LogP contribution in [0.5, 0.6) is 0 Å². The number of hydrogen-bond donors (Lipinski definition) is 0. The van der Waals surface area contributed by atoms with E-state index in [1.807, 2.05) is 6.92 Å². The smallest absolute Gasteiger partial charge is 0.292 e. The lowest BCUT2D eigenvalue weighted by molar-refractivity contribution is -0.126.